The highest BCUT2D eigenvalue weighted by atomic mass is 32.2. The third kappa shape index (κ3) is 2.08. The summed E-state index contributed by atoms with van der Waals surface area (Å²) < 4.78 is -0.219. The molecule has 4 aliphatic rings. The first-order valence-corrected chi connectivity index (χ1v) is 9.28. The van der Waals surface area contributed by atoms with Gasteiger partial charge in [-0.25, -0.2) is 4.99 Å². The van der Waals surface area contributed by atoms with Crippen LogP contribution < -0.4 is 0 Å². The van der Waals surface area contributed by atoms with E-state index in [9.17, 15) is 4.79 Å². The summed E-state index contributed by atoms with van der Waals surface area (Å²) in [6.07, 6.45) is 11.9. The van der Waals surface area contributed by atoms with Gasteiger partial charge in [-0.3, -0.25) is 4.79 Å². The van der Waals surface area contributed by atoms with Gasteiger partial charge in [0.15, 0.2) is 0 Å². The van der Waals surface area contributed by atoms with Gasteiger partial charge in [-0.15, -0.1) is 0 Å². The van der Waals surface area contributed by atoms with Crippen molar-refractivity contribution >= 4 is 22.7 Å². The van der Waals surface area contributed by atoms with E-state index in [-0.39, 0.29) is 10.7 Å². The number of carbonyl (C=O) groups excluding carboxylic acids is 1. The van der Waals surface area contributed by atoms with E-state index in [1.165, 1.54) is 56.4 Å². The quantitative estimate of drug-likeness (QED) is 0.769. The second-order valence-electron chi connectivity index (χ2n) is 7.64. The fourth-order valence-electron chi connectivity index (χ4n) is 5.21. The number of thioether (sulfide) groups is 1. The van der Waals surface area contributed by atoms with Crippen LogP contribution >= 0.6 is 11.8 Å². The smallest absolute Gasteiger partial charge is 0.263 e. The summed E-state index contributed by atoms with van der Waals surface area (Å²) in [6.45, 7) is 2.16. The van der Waals surface area contributed by atoms with E-state index in [0.29, 0.717) is 5.92 Å². The highest BCUT2D eigenvalue weighted by molar-refractivity contribution is 8.16. The van der Waals surface area contributed by atoms with E-state index < -0.39 is 0 Å². The van der Waals surface area contributed by atoms with Gasteiger partial charge in [0, 0.05) is 0 Å². The molecule has 0 spiro atoms. The maximum absolute atomic E-state index is 12.4. The maximum atomic E-state index is 12.4. The molecule has 4 rings (SSSR count). The van der Waals surface area contributed by atoms with Crippen LogP contribution in [0.2, 0.25) is 0 Å². The number of fused-ring (bicyclic) bond motifs is 2. The van der Waals surface area contributed by atoms with Gasteiger partial charge in [0.25, 0.3) is 5.91 Å². The van der Waals surface area contributed by atoms with Crippen LogP contribution in [0.25, 0.3) is 0 Å². The van der Waals surface area contributed by atoms with Crippen molar-refractivity contribution in [2.24, 2.45) is 28.7 Å². The van der Waals surface area contributed by atoms with Crippen molar-refractivity contribution in [1.82, 2.24) is 0 Å². The van der Waals surface area contributed by atoms with E-state index in [1.807, 2.05) is 11.8 Å². The number of nitrogens with zero attached hydrogens (tertiary/aromatic N) is 1. The summed E-state index contributed by atoms with van der Waals surface area (Å²) >= 11 is 1.83. The lowest BCUT2D eigenvalue weighted by Crippen LogP contribution is -2.35. The third-order valence-electron chi connectivity index (χ3n) is 6.44. The zero-order valence-corrected chi connectivity index (χ0v) is 13.3. The van der Waals surface area contributed by atoms with Crippen LogP contribution in [0, 0.1) is 23.7 Å². The molecule has 3 saturated carbocycles. The summed E-state index contributed by atoms with van der Waals surface area (Å²) in [5, 5.41) is 1.17. The lowest BCUT2D eigenvalue weighted by Gasteiger charge is -2.28. The minimum absolute atomic E-state index is 0.174. The molecule has 1 heterocycles. The van der Waals surface area contributed by atoms with Crippen LogP contribution in [0.1, 0.15) is 64.7 Å². The number of amides is 1. The number of aliphatic imine (C=N–C) groups is 1. The molecule has 1 unspecified atom stereocenters. The van der Waals surface area contributed by atoms with E-state index in [0.717, 1.165) is 24.2 Å². The van der Waals surface area contributed by atoms with Crippen LogP contribution in [-0.4, -0.2) is 15.7 Å². The summed E-state index contributed by atoms with van der Waals surface area (Å²) in [4.78, 5) is 16.9. The fourth-order valence-corrected chi connectivity index (χ4v) is 6.66. The number of hydrogen-bond acceptors (Lipinski definition) is 2. The van der Waals surface area contributed by atoms with Crippen LogP contribution in [0.15, 0.2) is 4.99 Å². The molecule has 2 nitrogen and oxygen atoms in total. The Balaban J connectivity index is 1.43. The fraction of sp³-hybridized carbons (Fsp3) is 0.882. The van der Waals surface area contributed by atoms with Crippen molar-refractivity contribution < 1.29 is 4.79 Å². The molecule has 0 aromatic rings. The van der Waals surface area contributed by atoms with Crippen molar-refractivity contribution in [1.29, 1.82) is 0 Å². The Kier molecular flexibility index (Phi) is 3.25. The Hall–Kier alpha value is -0.310. The molecule has 3 heteroatoms. The van der Waals surface area contributed by atoms with E-state index in [1.54, 1.807) is 0 Å². The molecule has 0 N–H and O–H groups in total. The lowest BCUT2D eigenvalue weighted by molar-refractivity contribution is -0.120. The summed E-state index contributed by atoms with van der Waals surface area (Å²) in [5.41, 5.74) is 0. The molecule has 0 radical (unpaired) electrons. The Labute approximate surface area is 126 Å². The largest absolute Gasteiger partial charge is 0.271 e. The lowest BCUT2D eigenvalue weighted by atomic mass is 9.87. The van der Waals surface area contributed by atoms with E-state index in [4.69, 9.17) is 0 Å². The van der Waals surface area contributed by atoms with Crippen molar-refractivity contribution in [2.75, 3.05) is 0 Å². The Morgan fingerprint density at radius 2 is 2.00 bits per heavy atom. The molecule has 3 fully saturated rings. The summed E-state index contributed by atoms with van der Waals surface area (Å²) in [6, 6.07) is 0. The first-order valence-electron chi connectivity index (χ1n) is 8.46. The first-order chi connectivity index (χ1) is 9.65. The standard InChI is InChI=1S/C17H25NOS/c1-17(14-4-2-3-5-14)16(19)18-15(20-17)10-13-9-11-6-7-12(13)8-11/h11-14H,2-10H2,1H3/t11-,12+,13-,17?/m1/s1. The Bertz CT molecular complexity index is 454. The SMILES string of the molecule is CC1(C2CCCC2)SC(C[C@H]2C[C@@H]3CC[C@H]2C3)=NC1=O. The Morgan fingerprint density at radius 1 is 1.20 bits per heavy atom. The normalized spacial score (nSPS) is 44.5. The average Bonchev–Trinajstić information content (AvgIpc) is 3.16. The van der Waals surface area contributed by atoms with Crippen LogP contribution in [-0.2, 0) is 4.79 Å². The highest BCUT2D eigenvalue weighted by Crippen LogP contribution is 2.52. The van der Waals surface area contributed by atoms with Gasteiger partial charge in [0.2, 0.25) is 0 Å². The Morgan fingerprint density at radius 3 is 2.65 bits per heavy atom. The number of carbonyl (C=O) groups is 1. The zero-order valence-electron chi connectivity index (χ0n) is 12.4. The second kappa shape index (κ2) is 4.86. The molecule has 0 saturated heterocycles. The second-order valence-corrected chi connectivity index (χ2v) is 9.16. The predicted octanol–water partition coefficient (Wildman–Crippen LogP) is 4.43. The van der Waals surface area contributed by atoms with E-state index >= 15 is 0 Å². The molecule has 1 amide bonds. The number of rotatable bonds is 3. The van der Waals surface area contributed by atoms with Crippen molar-refractivity contribution in [3.63, 3.8) is 0 Å². The molecule has 3 aliphatic carbocycles. The van der Waals surface area contributed by atoms with Crippen molar-refractivity contribution in [3.05, 3.63) is 0 Å². The average molecular weight is 291 g/mol. The highest BCUT2D eigenvalue weighted by Gasteiger charge is 2.49. The molecule has 0 aromatic heterocycles. The molecule has 4 atom stereocenters. The van der Waals surface area contributed by atoms with Crippen molar-refractivity contribution in [3.8, 4) is 0 Å². The minimum Gasteiger partial charge on any atom is -0.271 e. The van der Waals surface area contributed by atoms with Gasteiger partial charge in [0.1, 0.15) is 4.75 Å². The summed E-state index contributed by atoms with van der Waals surface area (Å²) in [5.74, 6) is 3.51. The minimum atomic E-state index is -0.219. The van der Waals surface area contributed by atoms with E-state index in [2.05, 4.69) is 11.9 Å². The molecular weight excluding hydrogens is 266 g/mol. The molecule has 1 aliphatic heterocycles. The van der Waals surface area contributed by atoms with Crippen molar-refractivity contribution in [2.45, 2.75) is 69.5 Å². The molecule has 20 heavy (non-hydrogen) atoms. The van der Waals surface area contributed by atoms with Gasteiger partial charge in [-0.1, -0.05) is 31.0 Å². The predicted molar refractivity (Wildman–Crippen MR) is 84.0 cm³/mol. The molecule has 110 valence electrons. The van der Waals surface area contributed by atoms with Gasteiger partial charge in [0.05, 0.1) is 5.04 Å². The monoisotopic (exact) mass is 291 g/mol. The molecule has 2 bridgehead atoms. The molecule has 0 aromatic carbocycles. The molecular formula is C17H25NOS. The van der Waals surface area contributed by atoms with Gasteiger partial charge in [-0.2, -0.15) is 0 Å². The van der Waals surface area contributed by atoms with Gasteiger partial charge in [-0.05, 0) is 69.1 Å². The number of hydrogen-bond donors (Lipinski definition) is 0. The third-order valence-corrected chi connectivity index (χ3v) is 7.86. The van der Waals surface area contributed by atoms with Gasteiger partial charge >= 0.3 is 0 Å². The van der Waals surface area contributed by atoms with Crippen LogP contribution in [0.5, 0.6) is 0 Å². The maximum Gasteiger partial charge on any atom is 0.263 e. The topological polar surface area (TPSA) is 29.4 Å². The van der Waals surface area contributed by atoms with Crippen LogP contribution in [0.4, 0.5) is 0 Å². The summed E-state index contributed by atoms with van der Waals surface area (Å²) in [7, 11) is 0. The van der Waals surface area contributed by atoms with Gasteiger partial charge < -0.3 is 0 Å². The zero-order chi connectivity index (χ0) is 13.7. The van der Waals surface area contributed by atoms with Crippen LogP contribution in [0.3, 0.4) is 0 Å². The first kappa shape index (κ1) is 13.4.